The molecule has 1 heterocycles. The minimum atomic E-state index is 0.0862. The zero-order valence-corrected chi connectivity index (χ0v) is 8.35. The summed E-state index contributed by atoms with van der Waals surface area (Å²) in [6.45, 7) is 0.951. The number of hydrogen-bond acceptors (Lipinski definition) is 2. The van der Waals surface area contributed by atoms with E-state index in [-0.39, 0.29) is 24.5 Å². The zero-order chi connectivity index (χ0) is 9.97. The topological polar surface area (TPSA) is 40.5 Å². The highest BCUT2D eigenvalue weighted by Gasteiger charge is 2.32. The molecule has 1 aliphatic heterocycles. The minimum Gasteiger partial charge on any atom is -0.394 e. The molecule has 3 heteroatoms. The molecule has 1 atom stereocenters. The summed E-state index contributed by atoms with van der Waals surface area (Å²) < 4.78 is 0. The van der Waals surface area contributed by atoms with E-state index < -0.39 is 0 Å². The van der Waals surface area contributed by atoms with Gasteiger partial charge in [0.25, 0.3) is 0 Å². The van der Waals surface area contributed by atoms with Crippen molar-refractivity contribution in [3.8, 4) is 0 Å². The molecular weight excluding hydrogens is 178 g/mol. The third-order valence-electron chi connectivity index (χ3n) is 3.23. The van der Waals surface area contributed by atoms with E-state index in [0.29, 0.717) is 0 Å². The maximum absolute atomic E-state index is 12.0. The fourth-order valence-electron chi connectivity index (χ4n) is 2.37. The molecule has 1 N–H and O–H groups in total. The summed E-state index contributed by atoms with van der Waals surface area (Å²) in [5.74, 6) is 0.397. The second-order valence-corrected chi connectivity index (χ2v) is 4.15. The van der Waals surface area contributed by atoms with Crippen LogP contribution in [0.25, 0.3) is 0 Å². The zero-order valence-electron chi connectivity index (χ0n) is 8.35. The van der Waals surface area contributed by atoms with Gasteiger partial charge in [-0.2, -0.15) is 0 Å². The van der Waals surface area contributed by atoms with Gasteiger partial charge in [-0.15, -0.1) is 0 Å². The van der Waals surface area contributed by atoms with E-state index in [2.05, 4.69) is 12.2 Å². The summed E-state index contributed by atoms with van der Waals surface area (Å²) in [5.41, 5.74) is 0. The Morgan fingerprint density at radius 3 is 2.79 bits per heavy atom. The molecule has 2 aliphatic rings. The van der Waals surface area contributed by atoms with Crippen LogP contribution in [0.2, 0.25) is 0 Å². The Balaban J connectivity index is 1.96. The molecule has 0 radical (unpaired) electrons. The smallest absolute Gasteiger partial charge is 0.226 e. The second-order valence-electron chi connectivity index (χ2n) is 4.15. The minimum absolute atomic E-state index is 0.0862. The number of carbonyl (C=O) groups excluding carboxylic acids is 1. The summed E-state index contributed by atoms with van der Waals surface area (Å²) in [5, 5.41) is 9.12. The number of aliphatic hydroxyl groups is 1. The van der Waals surface area contributed by atoms with Crippen LogP contribution in [0, 0.1) is 5.92 Å². The molecule has 3 nitrogen and oxygen atoms in total. The number of aliphatic hydroxyl groups excluding tert-OH is 1. The van der Waals surface area contributed by atoms with Gasteiger partial charge in [0.05, 0.1) is 12.6 Å². The molecule has 2 rings (SSSR count). The van der Waals surface area contributed by atoms with Gasteiger partial charge in [0.15, 0.2) is 0 Å². The average molecular weight is 195 g/mol. The predicted molar refractivity (Wildman–Crippen MR) is 53.7 cm³/mol. The van der Waals surface area contributed by atoms with Crippen LogP contribution in [0.15, 0.2) is 12.2 Å². The van der Waals surface area contributed by atoms with Gasteiger partial charge in [-0.3, -0.25) is 4.79 Å². The van der Waals surface area contributed by atoms with Crippen LogP contribution in [0.3, 0.4) is 0 Å². The third-order valence-corrected chi connectivity index (χ3v) is 3.23. The molecule has 0 aromatic rings. The van der Waals surface area contributed by atoms with Crippen molar-refractivity contribution in [1.29, 1.82) is 0 Å². The molecule has 0 aromatic carbocycles. The van der Waals surface area contributed by atoms with Crippen molar-refractivity contribution in [3.05, 3.63) is 12.2 Å². The third kappa shape index (κ3) is 1.69. The standard InChI is InChI=1S/C11H17NO2/c13-8-10-6-3-7-12(10)11(14)9-4-1-2-5-9/h1-2,9-10,13H,3-8H2/t10-/m0/s1. The van der Waals surface area contributed by atoms with E-state index in [1.54, 1.807) is 0 Å². The molecule has 1 aliphatic carbocycles. The van der Waals surface area contributed by atoms with Gasteiger partial charge in [0.1, 0.15) is 0 Å². The van der Waals surface area contributed by atoms with Gasteiger partial charge in [0, 0.05) is 12.5 Å². The van der Waals surface area contributed by atoms with Crippen LogP contribution < -0.4 is 0 Å². The van der Waals surface area contributed by atoms with Gasteiger partial charge < -0.3 is 10.0 Å². The number of rotatable bonds is 2. The molecule has 0 spiro atoms. The van der Waals surface area contributed by atoms with Crippen molar-refractivity contribution in [2.75, 3.05) is 13.2 Å². The summed E-state index contributed by atoms with van der Waals surface area (Å²) in [6, 6.07) is 0.0862. The number of amides is 1. The van der Waals surface area contributed by atoms with Crippen LogP contribution in [0.5, 0.6) is 0 Å². The predicted octanol–water partition coefficient (Wildman–Crippen LogP) is 0.936. The van der Waals surface area contributed by atoms with Crippen LogP contribution in [-0.4, -0.2) is 35.1 Å². The SMILES string of the molecule is O=C(C1CC=CC1)N1CCC[C@H]1CO. The summed E-state index contributed by atoms with van der Waals surface area (Å²) >= 11 is 0. The van der Waals surface area contributed by atoms with E-state index in [4.69, 9.17) is 5.11 Å². The summed E-state index contributed by atoms with van der Waals surface area (Å²) in [4.78, 5) is 13.9. The van der Waals surface area contributed by atoms with Gasteiger partial charge in [0.2, 0.25) is 5.91 Å². The van der Waals surface area contributed by atoms with Gasteiger partial charge in [-0.1, -0.05) is 12.2 Å². The quantitative estimate of drug-likeness (QED) is 0.666. The Kier molecular flexibility index (Phi) is 2.87. The average Bonchev–Trinajstić information content (AvgIpc) is 2.87. The van der Waals surface area contributed by atoms with E-state index >= 15 is 0 Å². The Labute approximate surface area is 84.4 Å². The van der Waals surface area contributed by atoms with Crippen molar-refractivity contribution in [2.45, 2.75) is 31.7 Å². The molecule has 0 saturated carbocycles. The molecule has 1 fully saturated rings. The molecule has 0 bridgehead atoms. The molecule has 1 amide bonds. The van der Waals surface area contributed by atoms with E-state index in [1.165, 1.54) is 0 Å². The van der Waals surface area contributed by atoms with Gasteiger partial charge >= 0.3 is 0 Å². The molecule has 0 aromatic heterocycles. The Bertz CT molecular complexity index is 242. The first kappa shape index (κ1) is 9.71. The number of nitrogens with zero attached hydrogens (tertiary/aromatic N) is 1. The van der Waals surface area contributed by atoms with Crippen LogP contribution in [0.1, 0.15) is 25.7 Å². The Hall–Kier alpha value is -0.830. The van der Waals surface area contributed by atoms with E-state index in [0.717, 1.165) is 32.2 Å². The first-order chi connectivity index (χ1) is 6.83. The Morgan fingerprint density at radius 1 is 1.43 bits per heavy atom. The summed E-state index contributed by atoms with van der Waals surface area (Å²) in [7, 11) is 0. The lowest BCUT2D eigenvalue weighted by atomic mass is 10.1. The van der Waals surface area contributed by atoms with Gasteiger partial charge in [-0.25, -0.2) is 0 Å². The lowest BCUT2D eigenvalue weighted by Crippen LogP contribution is -2.40. The lowest BCUT2D eigenvalue weighted by molar-refractivity contribution is -0.136. The molecule has 14 heavy (non-hydrogen) atoms. The Morgan fingerprint density at radius 2 is 2.14 bits per heavy atom. The normalized spacial score (nSPS) is 27.5. The van der Waals surface area contributed by atoms with Crippen molar-refractivity contribution >= 4 is 5.91 Å². The van der Waals surface area contributed by atoms with Crippen molar-refractivity contribution in [1.82, 2.24) is 4.90 Å². The first-order valence-corrected chi connectivity index (χ1v) is 5.39. The molecule has 1 saturated heterocycles. The maximum Gasteiger partial charge on any atom is 0.226 e. The highest BCUT2D eigenvalue weighted by Crippen LogP contribution is 2.25. The molecule has 78 valence electrons. The fraction of sp³-hybridized carbons (Fsp3) is 0.727. The highest BCUT2D eigenvalue weighted by atomic mass is 16.3. The van der Waals surface area contributed by atoms with E-state index in [9.17, 15) is 4.79 Å². The summed E-state index contributed by atoms with van der Waals surface area (Å²) in [6.07, 6.45) is 7.92. The monoisotopic (exact) mass is 195 g/mol. The van der Waals surface area contributed by atoms with Crippen molar-refractivity contribution < 1.29 is 9.90 Å². The first-order valence-electron chi connectivity index (χ1n) is 5.39. The van der Waals surface area contributed by atoms with Crippen molar-refractivity contribution in [2.24, 2.45) is 5.92 Å². The molecular formula is C11H17NO2. The van der Waals surface area contributed by atoms with Crippen LogP contribution in [-0.2, 0) is 4.79 Å². The molecule has 0 unspecified atom stereocenters. The number of likely N-dealkylation sites (tertiary alicyclic amines) is 1. The number of carbonyl (C=O) groups is 1. The highest BCUT2D eigenvalue weighted by molar-refractivity contribution is 5.80. The largest absolute Gasteiger partial charge is 0.394 e. The van der Waals surface area contributed by atoms with Crippen LogP contribution >= 0.6 is 0 Å². The van der Waals surface area contributed by atoms with E-state index in [1.807, 2.05) is 4.90 Å². The second kappa shape index (κ2) is 4.13. The van der Waals surface area contributed by atoms with Gasteiger partial charge in [-0.05, 0) is 25.7 Å². The number of hydrogen-bond donors (Lipinski definition) is 1. The maximum atomic E-state index is 12.0. The number of allylic oxidation sites excluding steroid dienone is 2. The lowest BCUT2D eigenvalue weighted by Gasteiger charge is -2.25. The van der Waals surface area contributed by atoms with Crippen molar-refractivity contribution in [3.63, 3.8) is 0 Å². The van der Waals surface area contributed by atoms with Crippen LogP contribution in [0.4, 0.5) is 0 Å². The fourth-order valence-corrected chi connectivity index (χ4v) is 2.37.